The van der Waals surface area contributed by atoms with Crippen molar-refractivity contribution in [1.82, 2.24) is 4.90 Å². The van der Waals surface area contributed by atoms with Crippen molar-refractivity contribution in [2.45, 2.75) is 33.2 Å². The van der Waals surface area contributed by atoms with Crippen molar-refractivity contribution in [3.05, 3.63) is 59.7 Å². The van der Waals surface area contributed by atoms with Gasteiger partial charge in [0.05, 0.1) is 13.2 Å². The Morgan fingerprint density at radius 1 is 1.00 bits per heavy atom. The molecule has 1 amide bonds. The second-order valence-corrected chi connectivity index (χ2v) is 6.01. The first kappa shape index (κ1) is 18.8. The minimum atomic E-state index is 0.130. The molecule has 4 nitrogen and oxygen atoms in total. The smallest absolute Gasteiger partial charge is 0.222 e. The predicted molar refractivity (Wildman–Crippen MR) is 100.0 cm³/mol. The quantitative estimate of drug-likeness (QED) is 0.641. The molecule has 0 aliphatic heterocycles. The maximum atomic E-state index is 12.3. The lowest BCUT2D eigenvalue weighted by Crippen LogP contribution is -2.26. The summed E-state index contributed by atoms with van der Waals surface area (Å²) in [5.41, 5.74) is 2.39. The van der Waals surface area contributed by atoms with Crippen LogP contribution in [0.2, 0.25) is 0 Å². The third-order valence-electron chi connectivity index (χ3n) is 4.04. The Morgan fingerprint density at radius 3 is 2.32 bits per heavy atom. The molecule has 0 aliphatic rings. The zero-order valence-electron chi connectivity index (χ0n) is 15.3. The van der Waals surface area contributed by atoms with Crippen LogP contribution in [-0.4, -0.2) is 31.1 Å². The zero-order valence-corrected chi connectivity index (χ0v) is 15.3. The fraction of sp³-hybridized carbons (Fsp3) is 0.381. The van der Waals surface area contributed by atoms with Crippen molar-refractivity contribution < 1.29 is 14.3 Å². The molecular formula is C21H27NO3. The second-order valence-electron chi connectivity index (χ2n) is 6.01. The van der Waals surface area contributed by atoms with Crippen molar-refractivity contribution >= 4 is 5.91 Å². The van der Waals surface area contributed by atoms with Crippen LogP contribution in [0.5, 0.6) is 11.5 Å². The number of amides is 1. The molecule has 0 spiro atoms. The summed E-state index contributed by atoms with van der Waals surface area (Å²) in [6.07, 6.45) is 1.15. The van der Waals surface area contributed by atoms with Crippen molar-refractivity contribution in [1.29, 1.82) is 0 Å². The van der Waals surface area contributed by atoms with Gasteiger partial charge in [-0.15, -0.1) is 0 Å². The van der Waals surface area contributed by atoms with Crippen molar-refractivity contribution in [3.63, 3.8) is 0 Å². The van der Waals surface area contributed by atoms with Crippen LogP contribution < -0.4 is 9.47 Å². The number of rotatable bonds is 9. The third kappa shape index (κ3) is 5.82. The summed E-state index contributed by atoms with van der Waals surface area (Å²) in [5.74, 6) is 1.60. The topological polar surface area (TPSA) is 38.8 Å². The van der Waals surface area contributed by atoms with Crippen LogP contribution in [0.15, 0.2) is 48.5 Å². The average Bonchev–Trinajstić information content (AvgIpc) is 2.62. The number of hydrogen-bond acceptors (Lipinski definition) is 3. The van der Waals surface area contributed by atoms with Crippen molar-refractivity contribution in [2.75, 3.05) is 20.3 Å². The zero-order chi connectivity index (χ0) is 18.1. The molecule has 0 saturated heterocycles. The van der Waals surface area contributed by atoms with E-state index in [2.05, 4.69) is 19.1 Å². The highest BCUT2D eigenvalue weighted by Crippen LogP contribution is 2.26. The highest BCUT2D eigenvalue weighted by Gasteiger charge is 2.10. The average molecular weight is 341 g/mol. The molecule has 2 rings (SSSR count). The van der Waals surface area contributed by atoms with Gasteiger partial charge in [0.15, 0.2) is 11.5 Å². The van der Waals surface area contributed by atoms with E-state index in [9.17, 15) is 4.79 Å². The number of nitrogens with zero attached hydrogens (tertiary/aromatic N) is 1. The first-order valence-corrected chi connectivity index (χ1v) is 8.75. The van der Waals surface area contributed by atoms with Crippen LogP contribution in [0.3, 0.4) is 0 Å². The second kappa shape index (κ2) is 9.72. The van der Waals surface area contributed by atoms with Gasteiger partial charge < -0.3 is 14.4 Å². The Bertz CT molecular complexity index is 684. The van der Waals surface area contributed by atoms with E-state index in [0.717, 1.165) is 11.5 Å². The van der Waals surface area contributed by atoms with Crippen LogP contribution in [0, 0.1) is 6.92 Å². The van der Waals surface area contributed by atoms with Crippen molar-refractivity contribution in [3.8, 4) is 11.5 Å². The number of aryl methyl sites for hydroxylation is 1. The summed E-state index contributed by atoms with van der Waals surface area (Å²) in [5, 5.41) is 0. The molecular weight excluding hydrogens is 314 g/mol. The molecule has 25 heavy (non-hydrogen) atoms. The molecule has 134 valence electrons. The maximum Gasteiger partial charge on any atom is 0.222 e. The monoisotopic (exact) mass is 341 g/mol. The van der Waals surface area contributed by atoms with Gasteiger partial charge in [0.1, 0.15) is 0 Å². The minimum absolute atomic E-state index is 0.130. The Morgan fingerprint density at radius 2 is 1.64 bits per heavy atom. The summed E-state index contributed by atoms with van der Waals surface area (Å²) in [4.78, 5) is 14.1. The highest BCUT2D eigenvalue weighted by atomic mass is 16.5. The Kier molecular flexibility index (Phi) is 7.33. The molecule has 4 heteroatoms. The first-order chi connectivity index (χ1) is 12.1. The standard InChI is InChI=1S/C21H27NO3/c1-4-24-19-12-7-8-13-20(19)25-15-9-14-21(23)22(3)16-18-11-6-5-10-17(18)2/h5-8,10-13H,4,9,14-16H2,1-3H3. The van der Waals surface area contributed by atoms with Crippen molar-refractivity contribution in [2.24, 2.45) is 0 Å². The summed E-state index contributed by atoms with van der Waals surface area (Å²) in [7, 11) is 1.85. The van der Waals surface area contributed by atoms with Gasteiger partial charge in [-0.1, -0.05) is 36.4 Å². The number of benzene rings is 2. The first-order valence-electron chi connectivity index (χ1n) is 8.75. The fourth-order valence-corrected chi connectivity index (χ4v) is 2.57. The Hall–Kier alpha value is -2.49. The molecule has 2 aromatic carbocycles. The number of para-hydroxylation sites is 2. The van der Waals surface area contributed by atoms with Crippen LogP contribution >= 0.6 is 0 Å². The van der Waals surface area contributed by atoms with E-state index < -0.39 is 0 Å². The van der Waals surface area contributed by atoms with Crippen LogP contribution in [0.25, 0.3) is 0 Å². The number of hydrogen-bond donors (Lipinski definition) is 0. The minimum Gasteiger partial charge on any atom is -0.490 e. The van der Waals surface area contributed by atoms with E-state index in [4.69, 9.17) is 9.47 Å². The van der Waals surface area contributed by atoms with Gasteiger partial charge >= 0.3 is 0 Å². The van der Waals surface area contributed by atoms with E-state index in [1.807, 2.05) is 50.4 Å². The molecule has 0 saturated carbocycles. The molecule has 0 aromatic heterocycles. The van der Waals surface area contributed by atoms with E-state index in [1.54, 1.807) is 4.90 Å². The molecule has 0 unspecified atom stereocenters. The van der Waals surface area contributed by atoms with Crippen LogP contribution in [0.1, 0.15) is 30.9 Å². The molecule has 0 aliphatic carbocycles. The number of ether oxygens (including phenoxy) is 2. The third-order valence-corrected chi connectivity index (χ3v) is 4.04. The molecule has 2 aromatic rings. The van der Waals surface area contributed by atoms with Gasteiger partial charge in [-0.05, 0) is 43.5 Å². The van der Waals surface area contributed by atoms with Gasteiger partial charge in [-0.2, -0.15) is 0 Å². The highest BCUT2D eigenvalue weighted by molar-refractivity contribution is 5.75. The summed E-state index contributed by atoms with van der Waals surface area (Å²) in [6, 6.07) is 15.8. The molecule has 0 bridgehead atoms. The molecule has 0 heterocycles. The van der Waals surface area contributed by atoms with E-state index in [0.29, 0.717) is 32.6 Å². The lowest BCUT2D eigenvalue weighted by molar-refractivity contribution is -0.130. The van der Waals surface area contributed by atoms with E-state index in [1.165, 1.54) is 11.1 Å². The molecule has 0 fully saturated rings. The lowest BCUT2D eigenvalue weighted by Gasteiger charge is -2.18. The maximum absolute atomic E-state index is 12.3. The van der Waals surface area contributed by atoms with Gasteiger partial charge in [0.25, 0.3) is 0 Å². The van der Waals surface area contributed by atoms with E-state index in [-0.39, 0.29) is 5.91 Å². The fourth-order valence-electron chi connectivity index (χ4n) is 2.57. The lowest BCUT2D eigenvalue weighted by atomic mass is 10.1. The largest absolute Gasteiger partial charge is 0.490 e. The Labute approximate surface area is 150 Å². The van der Waals surface area contributed by atoms with Gasteiger partial charge in [0.2, 0.25) is 5.91 Å². The predicted octanol–water partition coefficient (Wildman–Crippen LogP) is 4.21. The van der Waals surface area contributed by atoms with Gasteiger partial charge in [0, 0.05) is 20.0 Å². The van der Waals surface area contributed by atoms with E-state index >= 15 is 0 Å². The Balaban J connectivity index is 1.76. The van der Waals surface area contributed by atoms with Gasteiger partial charge in [-0.25, -0.2) is 0 Å². The number of carbonyl (C=O) groups excluding carboxylic acids is 1. The molecule has 0 atom stereocenters. The summed E-state index contributed by atoms with van der Waals surface area (Å²) < 4.78 is 11.3. The molecule has 0 radical (unpaired) electrons. The van der Waals surface area contributed by atoms with Gasteiger partial charge in [-0.3, -0.25) is 4.79 Å². The van der Waals surface area contributed by atoms with Crippen LogP contribution in [0.4, 0.5) is 0 Å². The SMILES string of the molecule is CCOc1ccccc1OCCCC(=O)N(C)Cc1ccccc1C. The summed E-state index contributed by atoms with van der Waals surface area (Å²) >= 11 is 0. The van der Waals surface area contributed by atoms with Crippen LogP contribution in [-0.2, 0) is 11.3 Å². The molecule has 0 N–H and O–H groups in total. The normalized spacial score (nSPS) is 10.4. The number of carbonyl (C=O) groups is 1. The summed E-state index contributed by atoms with van der Waals surface area (Å²) in [6.45, 7) is 5.74.